The Balaban J connectivity index is 2.27. The van der Waals surface area contributed by atoms with Crippen molar-refractivity contribution in [2.75, 3.05) is 6.54 Å². The third kappa shape index (κ3) is 2.53. The van der Waals surface area contributed by atoms with Crippen LogP contribution in [0.5, 0.6) is 0 Å². The molecule has 2 amide bonds. The van der Waals surface area contributed by atoms with Crippen molar-refractivity contribution in [3.8, 4) is 6.07 Å². The molecule has 1 fully saturated rings. The van der Waals surface area contributed by atoms with Crippen molar-refractivity contribution in [3.63, 3.8) is 0 Å². The second-order valence-corrected chi connectivity index (χ2v) is 5.19. The molecular formula is C14H14FN3O2. The van der Waals surface area contributed by atoms with E-state index < -0.39 is 11.4 Å². The van der Waals surface area contributed by atoms with Crippen molar-refractivity contribution in [2.24, 2.45) is 0 Å². The molecule has 0 aromatic heterocycles. The van der Waals surface area contributed by atoms with Gasteiger partial charge in [-0.15, -0.1) is 0 Å². The number of rotatable bonds is 2. The predicted octanol–water partition coefficient (Wildman–Crippen LogP) is 0.934. The molecule has 1 N–H and O–H groups in total. The van der Waals surface area contributed by atoms with Gasteiger partial charge in [-0.3, -0.25) is 19.8 Å². The minimum Gasteiger partial charge on any atom is -0.295 e. The van der Waals surface area contributed by atoms with Gasteiger partial charge >= 0.3 is 0 Å². The van der Waals surface area contributed by atoms with Gasteiger partial charge in [0.1, 0.15) is 11.9 Å². The monoisotopic (exact) mass is 275 g/mol. The van der Waals surface area contributed by atoms with Gasteiger partial charge in [0.15, 0.2) is 0 Å². The van der Waals surface area contributed by atoms with E-state index in [1.54, 1.807) is 19.9 Å². The van der Waals surface area contributed by atoms with Gasteiger partial charge in [0.05, 0.1) is 24.2 Å². The maximum Gasteiger partial charge on any atom is 0.249 e. The Kier molecular flexibility index (Phi) is 3.55. The number of benzene rings is 1. The summed E-state index contributed by atoms with van der Waals surface area (Å²) < 4.78 is 13.2. The van der Waals surface area contributed by atoms with Crippen LogP contribution in [0.15, 0.2) is 18.2 Å². The molecule has 20 heavy (non-hydrogen) atoms. The summed E-state index contributed by atoms with van der Waals surface area (Å²) in [7, 11) is 0. The number of nitriles is 1. The van der Waals surface area contributed by atoms with E-state index in [2.05, 4.69) is 5.32 Å². The first-order chi connectivity index (χ1) is 9.35. The van der Waals surface area contributed by atoms with Crippen molar-refractivity contribution in [1.82, 2.24) is 10.2 Å². The molecule has 6 heteroatoms. The minimum absolute atomic E-state index is 0.0394. The van der Waals surface area contributed by atoms with Gasteiger partial charge in [0.2, 0.25) is 11.8 Å². The van der Waals surface area contributed by atoms with E-state index in [9.17, 15) is 14.0 Å². The smallest absolute Gasteiger partial charge is 0.249 e. The van der Waals surface area contributed by atoms with Crippen molar-refractivity contribution >= 4 is 11.8 Å². The standard InChI is InChI=1S/C14H14FN3O2/c1-14(2)13(20)18(12(19)7-17-14)8-9-3-4-11(15)10(5-9)6-16/h3-5,17H,7-8H2,1-2H3. The maximum absolute atomic E-state index is 13.2. The molecule has 1 aliphatic heterocycles. The van der Waals surface area contributed by atoms with E-state index in [4.69, 9.17) is 5.26 Å². The largest absolute Gasteiger partial charge is 0.295 e. The Morgan fingerprint density at radius 1 is 1.45 bits per heavy atom. The van der Waals surface area contributed by atoms with Gasteiger partial charge in [-0.05, 0) is 31.5 Å². The molecule has 1 aromatic rings. The molecule has 1 aromatic carbocycles. The lowest BCUT2D eigenvalue weighted by Crippen LogP contribution is -2.63. The summed E-state index contributed by atoms with van der Waals surface area (Å²) in [6.45, 7) is 3.50. The second-order valence-electron chi connectivity index (χ2n) is 5.19. The van der Waals surface area contributed by atoms with Crippen LogP contribution in [0, 0.1) is 17.1 Å². The first kappa shape index (κ1) is 14.2. The Labute approximate surface area is 116 Å². The molecule has 0 bridgehead atoms. The van der Waals surface area contributed by atoms with Crippen LogP contribution in [0.3, 0.4) is 0 Å². The van der Waals surface area contributed by atoms with Crippen LogP contribution in [0.4, 0.5) is 4.39 Å². The number of amides is 2. The number of imide groups is 1. The number of halogens is 1. The molecule has 0 atom stereocenters. The van der Waals surface area contributed by atoms with Crippen LogP contribution < -0.4 is 5.32 Å². The molecule has 1 saturated heterocycles. The number of piperazine rings is 1. The molecule has 0 saturated carbocycles. The highest BCUT2D eigenvalue weighted by atomic mass is 19.1. The summed E-state index contributed by atoms with van der Waals surface area (Å²) >= 11 is 0. The quantitative estimate of drug-likeness (QED) is 0.815. The molecule has 0 aliphatic carbocycles. The Hall–Kier alpha value is -2.26. The van der Waals surface area contributed by atoms with Gasteiger partial charge in [-0.25, -0.2) is 4.39 Å². The summed E-state index contributed by atoms with van der Waals surface area (Å²) in [6, 6.07) is 5.71. The summed E-state index contributed by atoms with van der Waals surface area (Å²) in [4.78, 5) is 25.1. The maximum atomic E-state index is 13.2. The van der Waals surface area contributed by atoms with Crippen LogP contribution in [-0.4, -0.2) is 28.8 Å². The molecule has 5 nitrogen and oxygen atoms in total. The number of nitrogens with one attached hydrogen (secondary N) is 1. The molecule has 0 unspecified atom stereocenters. The van der Waals surface area contributed by atoms with Gasteiger partial charge in [0.25, 0.3) is 0 Å². The fraction of sp³-hybridized carbons (Fsp3) is 0.357. The zero-order chi connectivity index (χ0) is 14.9. The highest BCUT2D eigenvalue weighted by Gasteiger charge is 2.39. The third-order valence-electron chi connectivity index (χ3n) is 3.25. The molecule has 0 spiro atoms. The normalized spacial score (nSPS) is 18.0. The van der Waals surface area contributed by atoms with Gasteiger partial charge < -0.3 is 0 Å². The molecule has 1 aliphatic rings. The zero-order valence-corrected chi connectivity index (χ0v) is 11.2. The summed E-state index contributed by atoms with van der Waals surface area (Å²) in [5.74, 6) is -1.29. The Bertz CT molecular complexity index is 619. The van der Waals surface area contributed by atoms with Crippen molar-refractivity contribution in [2.45, 2.75) is 25.9 Å². The average molecular weight is 275 g/mol. The lowest BCUT2D eigenvalue weighted by atomic mass is 9.99. The fourth-order valence-corrected chi connectivity index (χ4v) is 2.02. The first-order valence-electron chi connectivity index (χ1n) is 6.13. The fourth-order valence-electron chi connectivity index (χ4n) is 2.02. The van der Waals surface area contributed by atoms with E-state index >= 15 is 0 Å². The SMILES string of the molecule is CC1(C)NCC(=O)N(Cc2ccc(F)c(C#N)c2)C1=O. The van der Waals surface area contributed by atoms with Crippen LogP contribution in [-0.2, 0) is 16.1 Å². The molecule has 104 valence electrons. The molecular weight excluding hydrogens is 261 g/mol. The summed E-state index contributed by atoms with van der Waals surface area (Å²) in [6.07, 6.45) is 0. The van der Waals surface area contributed by atoms with Crippen molar-refractivity contribution in [3.05, 3.63) is 35.1 Å². The molecule has 1 heterocycles. The van der Waals surface area contributed by atoms with Crippen LogP contribution >= 0.6 is 0 Å². The second kappa shape index (κ2) is 5.02. The van der Waals surface area contributed by atoms with Crippen LogP contribution in [0.2, 0.25) is 0 Å². The topological polar surface area (TPSA) is 73.2 Å². The van der Waals surface area contributed by atoms with E-state index in [-0.39, 0.29) is 30.5 Å². The van der Waals surface area contributed by atoms with Crippen molar-refractivity contribution < 1.29 is 14.0 Å². The summed E-state index contributed by atoms with van der Waals surface area (Å²) in [5.41, 5.74) is -0.370. The number of carbonyl (C=O) groups is 2. The number of hydrogen-bond acceptors (Lipinski definition) is 4. The number of nitrogens with zero attached hydrogens (tertiary/aromatic N) is 2. The minimum atomic E-state index is -0.813. The van der Waals surface area contributed by atoms with Crippen LogP contribution in [0.25, 0.3) is 0 Å². The first-order valence-corrected chi connectivity index (χ1v) is 6.13. The number of hydrogen-bond donors (Lipinski definition) is 1. The lowest BCUT2D eigenvalue weighted by Gasteiger charge is -2.36. The van der Waals surface area contributed by atoms with Crippen LogP contribution in [0.1, 0.15) is 25.0 Å². The van der Waals surface area contributed by atoms with E-state index in [1.807, 2.05) is 0 Å². The van der Waals surface area contributed by atoms with Gasteiger partial charge in [0, 0.05) is 0 Å². The van der Waals surface area contributed by atoms with E-state index in [0.29, 0.717) is 5.56 Å². The Morgan fingerprint density at radius 2 is 2.15 bits per heavy atom. The third-order valence-corrected chi connectivity index (χ3v) is 3.25. The average Bonchev–Trinajstić information content (AvgIpc) is 2.41. The zero-order valence-electron chi connectivity index (χ0n) is 11.2. The van der Waals surface area contributed by atoms with Crippen molar-refractivity contribution in [1.29, 1.82) is 5.26 Å². The Morgan fingerprint density at radius 3 is 2.80 bits per heavy atom. The predicted molar refractivity (Wildman–Crippen MR) is 68.8 cm³/mol. The molecule has 0 radical (unpaired) electrons. The molecule has 2 rings (SSSR count). The van der Waals surface area contributed by atoms with Gasteiger partial charge in [-0.2, -0.15) is 5.26 Å². The van der Waals surface area contributed by atoms with E-state index in [1.165, 1.54) is 12.1 Å². The highest BCUT2D eigenvalue weighted by molar-refractivity contribution is 6.02. The highest BCUT2D eigenvalue weighted by Crippen LogP contribution is 2.18. The summed E-state index contributed by atoms with van der Waals surface area (Å²) in [5, 5.41) is 11.6. The van der Waals surface area contributed by atoms with E-state index in [0.717, 1.165) is 11.0 Å². The number of carbonyl (C=O) groups excluding carboxylic acids is 2. The van der Waals surface area contributed by atoms with Gasteiger partial charge in [-0.1, -0.05) is 6.07 Å². The lowest BCUT2D eigenvalue weighted by molar-refractivity contribution is -0.153.